The Hall–Kier alpha value is -5.94. The zero-order valence-electron chi connectivity index (χ0n) is 27.3. The van der Waals surface area contributed by atoms with Crippen molar-refractivity contribution < 1.29 is 0 Å². The molecule has 0 radical (unpaired) electrons. The molecule has 236 valence electrons. The maximum atomic E-state index is 5.23. The molecule has 9 rings (SSSR count). The van der Waals surface area contributed by atoms with E-state index in [0.717, 1.165) is 33.9 Å². The minimum atomic E-state index is -2.91. The van der Waals surface area contributed by atoms with Crippen LogP contribution in [0.4, 0.5) is 0 Å². The highest BCUT2D eigenvalue weighted by atomic mass is 32.1. The van der Waals surface area contributed by atoms with Gasteiger partial charge < -0.3 is 0 Å². The van der Waals surface area contributed by atoms with Crippen molar-refractivity contribution in [2.24, 2.45) is 0 Å². The van der Waals surface area contributed by atoms with Crippen LogP contribution < -0.4 is 20.7 Å². The maximum absolute atomic E-state index is 5.23. The van der Waals surface area contributed by atoms with E-state index >= 15 is 0 Å². The van der Waals surface area contributed by atoms with Crippen LogP contribution in [0, 0.1) is 0 Å². The van der Waals surface area contributed by atoms with E-state index in [-0.39, 0.29) is 0 Å². The van der Waals surface area contributed by atoms with Crippen molar-refractivity contribution in [1.82, 2.24) is 9.97 Å². The van der Waals surface area contributed by atoms with E-state index in [9.17, 15) is 0 Å². The number of aromatic nitrogens is 2. The summed E-state index contributed by atoms with van der Waals surface area (Å²) in [6, 6.07) is 70.1. The molecule has 2 heterocycles. The van der Waals surface area contributed by atoms with Crippen molar-refractivity contribution in [2.75, 3.05) is 0 Å². The van der Waals surface area contributed by atoms with Crippen LogP contribution >= 0.6 is 11.3 Å². The number of nitrogens with zero attached hydrogens (tertiary/aromatic N) is 2. The Balaban J connectivity index is 1.35. The molecule has 0 saturated carbocycles. The van der Waals surface area contributed by atoms with Crippen molar-refractivity contribution in [3.63, 3.8) is 0 Å². The molecule has 9 aromatic rings. The van der Waals surface area contributed by atoms with Gasteiger partial charge >= 0.3 is 0 Å². The van der Waals surface area contributed by atoms with Gasteiger partial charge in [-0.25, -0.2) is 9.97 Å². The molecule has 0 fully saturated rings. The minimum Gasteiger partial charge on any atom is -0.228 e. The SMILES string of the molecule is c1ccc(-c2cc(-c3ccccc3)nc(-c3cccc([Si](c4ccccc4)(c4ccccc4)c4cccc5sc6ccccc6c45)c3)n2)cc1. The zero-order chi connectivity index (χ0) is 33.3. The molecule has 2 nitrogen and oxygen atoms in total. The first kappa shape index (κ1) is 30.1. The van der Waals surface area contributed by atoms with Crippen LogP contribution in [-0.2, 0) is 0 Å². The highest BCUT2D eigenvalue weighted by molar-refractivity contribution is 7.27. The monoisotopic (exact) mass is 672 g/mol. The molecule has 0 aliphatic rings. The molecule has 2 aromatic heterocycles. The first-order chi connectivity index (χ1) is 24.8. The van der Waals surface area contributed by atoms with Gasteiger partial charge in [0.05, 0.1) is 11.4 Å². The summed E-state index contributed by atoms with van der Waals surface area (Å²) in [5.41, 5.74) is 4.95. The van der Waals surface area contributed by atoms with Gasteiger partial charge in [0.2, 0.25) is 0 Å². The molecule has 0 saturated heterocycles. The molecule has 0 N–H and O–H groups in total. The second-order valence-electron chi connectivity index (χ2n) is 12.5. The van der Waals surface area contributed by atoms with Crippen LogP contribution in [-0.4, -0.2) is 18.0 Å². The van der Waals surface area contributed by atoms with Gasteiger partial charge in [0.15, 0.2) is 13.9 Å². The second kappa shape index (κ2) is 12.8. The summed E-state index contributed by atoms with van der Waals surface area (Å²) in [4.78, 5) is 10.5. The molecule has 4 heteroatoms. The van der Waals surface area contributed by atoms with Crippen molar-refractivity contribution >= 4 is 60.3 Å². The van der Waals surface area contributed by atoms with Gasteiger partial charge in [0.1, 0.15) is 0 Å². The lowest BCUT2D eigenvalue weighted by Gasteiger charge is -2.35. The van der Waals surface area contributed by atoms with Gasteiger partial charge in [-0.15, -0.1) is 11.3 Å². The highest BCUT2D eigenvalue weighted by Gasteiger charge is 2.43. The predicted octanol–water partition coefficient (Wildman–Crippen LogP) is 9.22. The predicted molar refractivity (Wildman–Crippen MR) is 215 cm³/mol. The van der Waals surface area contributed by atoms with E-state index in [2.05, 4.69) is 182 Å². The molecule has 7 aromatic carbocycles. The van der Waals surface area contributed by atoms with Gasteiger partial charge in [-0.05, 0) is 38.9 Å². The van der Waals surface area contributed by atoms with Crippen LogP contribution in [0.15, 0.2) is 194 Å². The highest BCUT2D eigenvalue weighted by Crippen LogP contribution is 2.34. The van der Waals surface area contributed by atoms with Gasteiger partial charge in [-0.3, -0.25) is 0 Å². The van der Waals surface area contributed by atoms with Gasteiger partial charge in [-0.2, -0.15) is 0 Å². The van der Waals surface area contributed by atoms with E-state index < -0.39 is 8.07 Å². The topological polar surface area (TPSA) is 25.8 Å². The first-order valence-corrected chi connectivity index (χ1v) is 19.7. The van der Waals surface area contributed by atoms with Gasteiger partial charge in [0.25, 0.3) is 0 Å². The summed E-state index contributed by atoms with van der Waals surface area (Å²) in [5.74, 6) is 0.718. The third-order valence-corrected chi connectivity index (χ3v) is 15.6. The summed E-state index contributed by atoms with van der Waals surface area (Å²) < 4.78 is 2.63. The number of benzene rings is 7. The third kappa shape index (κ3) is 5.17. The Morgan fingerprint density at radius 2 is 0.860 bits per heavy atom. The summed E-state index contributed by atoms with van der Waals surface area (Å²) in [5, 5.41) is 8.04. The molecule has 0 bridgehead atoms. The van der Waals surface area contributed by atoms with E-state index in [1.807, 2.05) is 23.5 Å². The fourth-order valence-corrected chi connectivity index (χ4v) is 13.7. The van der Waals surface area contributed by atoms with Crippen molar-refractivity contribution in [2.45, 2.75) is 0 Å². The van der Waals surface area contributed by atoms with E-state index in [1.54, 1.807) is 0 Å². The molecule has 0 aliphatic carbocycles. The Kier molecular flexibility index (Phi) is 7.73. The number of hydrogen-bond acceptors (Lipinski definition) is 3. The number of hydrogen-bond donors (Lipinski definition) is 0. The van der Waals surface area contributed by atoms with E-state index in [1.165, 1.54) is 40.9 Å². The summed E-state index contributed by atoms with van der Waals surface area (Å²) >= 11 is 1.88. The molecule has 50 heavy (non-hydrogen) atoms. The lowest BCUT2D eigenvalue weighted by Crippen LogP contribution is -2.74. The molecule has 0 atom stereocenters. The lowest BCUT2D eigenvalue weighted by molar-refractivity contribution is 1.18. The smallest absolute Gasteiger partial charge is 0.180 e. The summed E-state index contributed by atoms with van der Waals surface area (Å²) in [7, 11) is -2.91. The molecule has 0 unspecified atom stereocenters. The number of fused-ring (bicyclic) bond motifs is 3. The van der Waals surface area contributed by atoms with Gasteiger partial charge in [-0.1, -0.05) is 176 Å². The summed E-state index contributed by atoms with van der Waals surface area (Å²) in [6.07, 6.45) is 0. The maximum Gasteiger partial charge on any atom is 0.180 e. The minimum absolute atomic E-state index is 0.718. The van der Waals surface area contributed by atoms with E-state index in [0.29, 0.717) is 0 Å². The van der Waals surface area contributed by atoms with Crippen molar-refractivity contribution in [3.05, 3.63) is 194 Å². The average Bonchev–Trinajstić information content (AvgIpc) is 3.59. The fourth-order valence-electron chi connectivity index (χ4n) is 7.41. The Morgan fingerprint density at radius 1 is 0.380 bits per heavy atom. The third-order valence-electron chi connectivity index (χ3n) is 9.64. The Bertz CT molecular complexity index is 2490. The number of rotatable bonds is 7. The van der Waals surface area contributed by atoms with Crippen LogP contribution in [0.25, 0.3) is 54.1 Å². The fraction of sp³-hybridized carbons (Fsp3) is 0. The Morgan fingerprint density at radius 3 is 1.48 bits per heavy atom. The van der Waals surface area contributed by atoms with Crippen molar-refractivity contribution in [1.29, 1.82) is 0 Å². The quantitative estimate of drug-likeness (QED) is 0.125. The van der Waals surface area contributed by atoms with Crippen LogP contribution in [0.2, 0.25) is 0 Å². The normalized spacial score (nSPS) is 11.6. The molecular formula is C46H32N2SSi. The van der Waals surface area contributed by atoms with Gasteiger partial charge in [0, 0.05) is 36.9 Å². The van der Waals surface area contributed by atoms with E-state index in [4.69, 9.17) is 9.97 Å². The average molecular weight is 673 g/mol. The lowest BCUT2D eigenvalue weighted by atomic mass is 10.1. The largest absolute Gasteiger partial charge is 0.228 e. The van der Waals surface area contributed by atoms with Crippen LogP contribution in [0.5, 0.6) is 0 Å². The zero-order valence-corrected chi connectivity index (χ0v) is 29.1. The standard InChI is InChI=1S/C46H32N2SSi/c1-5-17-33(18-6-1)40-32-41(34-19-7-2-8-20-34)48-46(47-40)35-21-15-26-38(31-35)50(36-22-9-3-10-23-36,37-24-11-4-12-25-37)44-30-16-29-43-45(44)39-27-13-14-28-42(39)49-43/h1-32H. The van der Waals surface area contributed by atoms with Crippen molar-refractivity contribution in [3.8, 4) is 33.9 Å². The second-order valence-corrected chi connectivity index (χ2v) is 17.4. The summed E-state index contributed by atoms with van der Waals surface area (Å²) in [6.45, 7) is 0. The Labute approximate surface area is 297 Å². The molecular weight excluding hydrogens is 641 g/mol. The van der Waals surface area contributed by atoms with Crippen LogP contribution in [0.3, 0.4) is 0 Å². The molecule has 0 spiro atoms. The molecule has 0 aliphatic heterocycles. The first-order valence-electron chi connectivity index (χ1n) is 16.9. The molecule has 0 amide bonds. The number of thiophene rings is 1. The van der Waals surface area contributed by atoms with Crippen LogP contribution in [0.1, 0.15) is 0 Å².